The highest BCUT2D eigenvalue weighted by Crippen LogP contribution is 2.29. The Morgan fingerprint density at radius 1 is 1.16 bits per heavy atom. The van der Waals surface area contributed by atoms with Crippen LogP contribution in [0.25, 0.3) is 11.3 Å². The summed E-state index contributed by atoms with van der Waals surface area (Å²) in [4.78, 5) is 9.05. The molecule has 2 aromatic rings. The van der Waals surface area contributed by atoms with Gasteiger partial charge in [0.25, 0.3) is 0 Å². The Labute approximate surface area is 118 Å². The van der Waals surface area contributed by atoms with E-state index in [0.29, 0.717) is 10.8 Å². The molecule has 0 fully saturated rings. The molecule has 0 amide bonds. The van der Waals surface area contributed by atoms with Crippen LogP contribution in [0.15, 0.2) is 24.3 Å². The van der Waals surface area contributed by atoms with Crippen molar-refractivity contribution in [2.24, 2.45) is 0 Å². The largest absolute Gasteiger partial charge is 0.383 e. The molecule has 0 aliphatic carbocycles. The SMILES string of the molecule is Cc1c(N)nc(C(C)(C)C)nc1-c1cccc(Cl)c1. The first-order valence-electron chi connectivity index (χ1n) is 6.19. The lowest BCUT2D eigenvalue weighted by atomic mass is 9.95. The zero-order valence-corrected chi connectivity index (χ0v) is 12.4. The van der Waals surface area contributed by atoms with Gasteiger partial charge in [0.15, 0.2) is 0 Å². The fourth-order valence-electron chi connectivity index (χ4n) is 1.79. The average molecular weight is 276 g/mol. The maximum Gasteiger partial charge on any atom is 0.136 e. The third kappa shape index (κ3) is 2.87. The number of nitrogens with two attached hydrogens (primary N) is 1. The molecule has 3 nitrogen and oxygen atoms in total. The number of anilines is 1. The summed E-state index contributed by atoms with van der Waals surface area (Å²) in [5.41, 5.74) is 8.56. The summed E-state index contributed by atoms with van der Waals surface area (Å²) in [6, 6.07) is 7.62. The van der Waals surface area contributed by atoms with Crippen molar-refractivity contribution in [3.63, 3.8) is 0 Å². The number of nitrogen functional groups attached to an aromatic ring is 1. The van der Waals surface area contributed by atoms with E-state index in [1.807, 2.05) is 31.2 Å². The molecule has 0 unspecified atom stereocenters. The lowest BCUT2D eigenvalue weighted by Gasteiger charge is -2.19. The first-order valence-corrected chi connectivity index (χ1v) is 6.57. The molecule has 0 aliphatic heterocycles. The van der Waals surface area contributed by atoms with Crippen LogP contribution in [0.5, 0.6) is 0 Å². The van der Waals surface area contributed by atoms with Crippen LogP contribution in [0.3, 0.4) is 0 Å². The minimum Gasteiger partial charge on any atom is -0.383 e. The van der Waals surface area contributed by atoms with Crippen LogP contribution >= 0.6 is 11.6 Å². The van der Waals surface area contributed by atoms with E-state index in [9.17, 15) is 0 Å². The van der Waals surface area contributed by atoms with Crippen molar-refractivity contribution in [1.29, 1.82) is 0 Å². The number of hydrogen-bond acceptors (Lipinski definition) is 3. The van der Waals surface area contributed by atoms with E-state index < -0.39 is 0 Å². The van der Waals surface area contributed by atoms with Gasteiger partial charge in [-0.25, -0.2) is 9.97 Å². The van der Waals surface area contributed by atoms with Gasteiger partial charge in [-0.05, 0) is 19.1 Å². The molecule has 0 saturated carbocycles. The van der Waals surface area contributed by atoms with Gasteiger partial charge < -0.3 is 5.73 Å². The van der Waals surface area contributed by atoms with Crippen LogP contribution in [0.1, 0.15) is 32.2 Å². The molecule has 100 valence electrons. The molecule has 0 radical (unpaired) electrons. The molecule has 1 aromatic heterocycles. The van der Waals surface area contributed by atoms with E-state index in [-0.39, 0.29) is 5.41 Å². The fourth-order valence-corrected chi connectivity index (χ4v) is 1.98. The number of rotatable bonds is 1. The van der Waals surface area contributed by atoms with Gasteiger partial charge in [-0.3, -0.25) is 0 Å². The Morgan fingerprint density at radius 3 is 2.42 bits per heavy atom. The van der Waals surface area contributed by atoms with Crippen LogP contribution < -0.4 is 5.73 Å². The predicted molar refractivity (Wildman–Crippen MR) is 80.3 cm³/mol. The van der Waals surface area contributed by atoms with E-state index in [0.717, 1.165) is 22.6 Å². The minimum atomic E-state index is -0.144. The molecule has 0 spiro atoms. The van der Waals surface area contributed by atoms with Gasteiger partial charge in [0.2, 0.25) is 0 Å². The summed E-state index contributed by atoms with van der Waals surface area (Å²) in [7, 11) is 0. The molecule has 0 bridgehead atoms. The Hall–Kier alpha value is -1.61. The summed E-state index contributed by atoms with van der Waals surface area (Å²) >= 11 is 6.04. The van der Waals surface area contributed by atoms with E-state index in [4.69, 9.17) is 17.3 Å². The monoisotopic (exact) mass is 275 g/mol. The van der Waals surface area contributed by atoms with Gasteiger partial charge in [-0.1, -0.05) is 44.5 Å². The van der Waals surface area contributed by atoms with Crippen LogP contribution in [0, 0.1) is 6.92 Å². The van der Waals surface area contributed by atoms with Crippen molar-refractivity contribution in [3.05, 3.63) is 40.7 Å². The number of halogens is 1. The average Bonchev–Trinajstić information content (AvgIpc) is 2.31. The van der Waals surface area contributed by atoms with Gasteiger partial charge >= 0.3 is 0 Å². The van der Waals surface area contributed by atoms with Gasteiger partial charge in [0.05, 0.1) is 5.69 Å². The van der Waals surface area contributed by atoms with Gasteiger partial charge in [0, 0.05) is 21.6 Å². The predicted octanol–water partition coefficient (Wildman–Crippen LogP) is 3.99. The van der Waals surface area contributed by atoms with Crippen LogP contribution in [0.2, 0.25) is 5.02 Å². The molecule has 0 aliphatic rings. The van der Waals surface area contributed by atoms with Crippen molar-refractivity contribution in [2.45, 2.75) is 33.1 Å². The first kappa shape index (κ1) is 13.8. The van der Waals surface area contributed by atoms with Crippen molar-refractivity contribution in [2.75, 3.05) is 5.73 Å². The molecule has 2 rings (SSSR count). The van der Waals surface area contributed by atoms with E-state index >= 15 is 0 Å². The maximum atomic E-state index is 6.04. The third-order valence-electron chi connectivity index (χ3n) is 2.95. The van der Waals surface area contributed by atoms with Crippen LogP contribution in [-0.4, -0.2) is 9.97 Å². The van der Waals surface area contributed by atoms with Crippen LogP contribution in [-0.2, 0) is 5.41 Å². The Morgan fingerprint density at radius 2 is 1.84 bits per heavy atom. The quantitative estimate of drug-likeness (QED) is 0.856. The molecular formula is C15H18ClN3. The number of nitrogens with zero attached hydrogens (tertiary/aromatic N) is 2. The standard InChI is InChI=1S/C15H18ClN3/c1-9-12(10-6-5-7-11(16)8-10)18-14(15(2,3)4)19-13(9)17/h5-8H,1-4H3,(H2,17,18,19). The van der Waals surface area contributed by atoms with Crippen molar-refractivity contribution in [3.8, 4) is 11.3 Å². The smallest absolute Gasteiger partial charge is 0.136 e. The highest BCUT2D eigenvalue weighted by molar-refractivity contribution is 6.30. The topological polar surface area (TPSA) is 51.8 Å². The number of hydrogen-bond donors (Lipinski definition) is 1. The normalized spacial score (nSPS) is 11.6. The Balaban J connectivity index is 2.66. The summed E-state index contributed by atoms with van der Waals surface area (Å²) in [5.74, 6) is 1.26. The second-order valence-corrected chi connectivity index (χ2v) is 6.10. The molecule has 2 N–H and O–H groups in total. The third-order valence-corrected chi connectivity index (χ3v) is 3.19. The van der Waals surface area contributed by atoms with Crippen molar-refractivity contribution < 1.29 is 0 Å². The Kier molecular flexibility index (Phi) is 3.50. The van der Waals surface area contributed by atoms with Gasteiger partial charge in [0.1, 0.15) is 11.6 Å². The molecule has 0 atom stereocenters. The maximum absolute atomic E-state index is 6.04. The lowest BCUT2D eigenvalue weighted by Crippen LogP contribution is -2.18. The first-order chi connectivity index (χ1) is 8.79. The summed E-state index contributed by atoms with van der Waals surface area (Å²) in [5, 5.41) is 0.686. The van der Waals surface area contributed by atoms with Gasteiger partial charge in [-0.2, -0.15) is 0 Å². The van der Waals surface area contributed by atoms with Gasteiger partial charge in [-0.15, -0.1) is 0 Å². The highest BCUT2D eigenvalue weighted by atomic mass is 35.5. The Bertz CT molecular complexity index is 615. The minimum absolute atomic E-state index is 0.144. The zero-order valence-electron chi connectivity index (χ0n) is 11.7. The second kappa shape index (κ2) is 4.82. The molecule has 19 heavy (non-hydrogen) atoms. The van der Waals surface area contributed by atoms with E-state index in [1.54, 1.807) is 0 Å². The zero-order chi connectivity index (χ0) is 14.2. The summed E-state index contributed by atoms with van der Waals surface area (Å²) < 4.78 is 0. The molecule has 1 heterocycles. The number of aromatic nitrogens is 2. The van der Waals surface area contributed by atoms with E-state index in [1.165, 1.54) is 0 Å². The van der Waals surface area contributed by atoms with E-state index in [2.05, 4.69) is 30.7 Å². The van der Waals surface area contributed by atoms with Crippen molar-refractivity contribution in [1.82, 2.24) is 9.97 Å². The molecule has 4 heteroatoms. The molecular weight excluding hydrogens is 258 g/mol. The molecule has 1 aromatic carbocycles. The summed E-state index contributed by atoms with van der Waals surface area (Å²) in [6.07, 6.45) is 0. The lowest BCUT2D eigenvalue weighted by molar-refractivity contribution is 0.546. The summed E-state index contributed by atoms with van der Waals surface area (Å²) in [6.45, 7) is 8.13. The number of benzene rings is 1. The molecule has 0 saturated heterocycles. The highest BCUT2D eigenvalue weighted by Gasteiger charge is 2.20. The van der Waals surface area contributed by atoms with Crippen molar-refractivity contribution >= 4 is 17.4 Å². The van der Waals surface area contributed by atoms with Crippen LogP contribution in [0.4, 0.5) is 5.82 Å². The second-order valence-electron chi connectivity index (χ2n) is 5.67. The fraction of sp³-hybridized carbons (Fsp3) is 0.333.